The van der Waals surface area contributed by atoms with Gasteiger partial charge in [-0.25, -0.2) is 0 Å². The second-order valence-electron chi connectivity index (χ2n) is 6.44. The van der Waals surface area contributed by atoms with E-state index in [0.29, 0.717) is 22.7 Å². The van der Waals surface area contributed by atoms with Crippen molar-refractivity contribution in [1.29, 1.82) is 0 Å². The average Bonchev–Trinajstić information content (AvgIpc) is 3.03. The fourth-order valence-electron chi connectivity index (χ4n) is 3.06. The van der Waals surface area contributed by atoms with Gasteiger partial charge in [-0.05, 0) is 50.5 Å². The zero-order valence-electron chi connectivity index (χ0n) is 14.1. The molecule has 0 bridgehead atoms. The van der Waals surface area contributed by atoms with Crippen LogP contribution >= 0.6 is 0 Å². The molecule has 25 heavy (non-hydrogen) atoms. The molecule has 2 atom stereocenters. The molecular weight excluding hydrogens is 320 g/mol. The fraction of sp³-hybridized carbons (Fsp3) is 0.389. The molecular formula is C18H22N4O3. The van der Waals surface area contributed by atoms with Gasteiger partial charge in [-0.3, -0.25) is 9.59 Å². The van der Waals surface area contributed by atoms with Crippen LogP contribution in [0.2, 0.25) is 0 Å². The highest BCUT2D eigenvalue weighted by Crippen LogP contribution is 2.25. The summed E-state index contributed by atoms with van der Waals surface area (Å²) in [5, 5.41) is 9.27. The molecule has 0 radical (unpaired) electrons. The smallest absolute Gasteiger partial charge is 0.260 e. The van der Waals surface area contributed by atoms with E-state index in [4.69, 9.17) is 10.3 Å². The van der Waals surface area contributed by atoms with Gasteiger partial charge in [-0.15, -0.1) is 0 Å². The maximum absolute atomic E-state index is 12.3. The van der Waals surface area contributed by atoms with E-state index in [2.05, 4.69) is 15.8 Å². The molecule has 0 spiro atoms. The van der Waals surface area contributed by atoms with E-state index in [1.165, 1.54) is 6.20 Å². The number of carbonyl (C=O) groups excluding carboxylic acids is 2. The lowest BCUT2D eigenvalue weighted by atomic mass is 9.85. The van der Waals surface area contributed by atoms with Gasteiger partial charge in [0.25, 0.3) is 5.91 Å². The number of aryl methyl sites for hydroxylation is 1. The van der Waals surface area contributed by atoms with E-state index < -0.39 is 0 Å². The minimum Gasteiger partial charge on any atom is -0.361 e. The molecule has 7 heteroatoms. The highest BCUT2D eigenvalue weighted by molar-refractivity contribution is 6.04. The zero-order chi connectivity index (χ0) is 17.8. The van der Waals surface area contributed by atoms with Crippen LogP contribution in [0.5, 0.6) is 0 Å². The molecule has 7 nitrogen and oxygen atoms in total. The summed E-state index contributed by atoms with van der Waals surface area (Å²) in [6.45, 7) is 1.68. The SMILES string of the molecule is Cc1oncc1C(=O)Nc1ccc(NC(=O)C2CCCC(N)C2)cc1. The first-order valence-electron chi connectivity index (χ1n) is 8.42. The molecule has 0 aliphatic heterocycles. The van der Waals surface area contributed by atoms with Gasteiger partial charge in [0, 0.05) is 23.3 Å². The van der Waals surface area contributed by atoms with Gasteiger partial charge in [0.05, 0.1) is 6.20 Å². The Labute approximate surface area is 145 Å². The minimum absolute atomic E-state index is 0.00651. The fourth-order valence-corrected chi connectivity index (χ4v) is 3.06. The minimum atomic E-state index is -0.285. The van der Waals surface area contributed by atoms with Crippen molar-refractivity contribution in [2.24, 2.45) is 11.7 Å². The molecule has 132 valence electrons. The van der Waals surface area contributed by atoms with Gasteiger partial charge < -0.3 is 20.9 Å². The summed E-state index contributed by atoms with van der Waals surface area (Å²) >= 11 is 0. The maximum Gasteiger partial charge on any atom is 0.260 e. The number of amides is 2. The Morgan fingerprint density at radius 2 is 1.84 bits per heavy atom. The first-order chi connectivity index (χ1) is 12.0. The van der Waals surface area contributed by atoms with Crippen molar-refractivity contribution < 1.29 is 14.1 Å². The summed E-state index contributed by atoms with van der Waals surface area (Å²) in [5.74, 6) is 0.158. The Balaban J connectivity index is 1.58. The molecule has 1 aromatic heterocycles. The number of nitrogens with two attached hydrogens (primary N) is 1. The number of hydrogen-bond donors (Lipinski definition) is 3. The Morgan fingerprint density at radius 1 is 1.16 bits per heavy atom. The number of anilines is 2. The molecule has 1 heterocycles. The van der Waals surface area contributed by atoms with Crippen LogP contribution < -0.4 is 16.4 Å². The number of nitrogens with zero attached hydrogens (tertiary/aromatic N) is 1. The quantitative estimate of drug-likeness (QED) is 0.791. The van der Waals surface area contributed by atoms with Gasteiger partial charge in [-0.2, -0.15) is 0 Å². The summed E-state index contributed by atoms with van der Waals surface area (Å²) in [6.07, 6.45) is 4.98. The molecule has 2 unspecified atom stereocenters. The van der Waals surface area contributed by atoms with E-state index in [1.807, 2.05) is 0 Å². The van der Waals surface area contributed by atoms with Crippen molar-refractivity contribution in [2.45, 2.75) is 38.6 Å². The van der Waals surface area contributed by atoms with Gasteiger partial charge in [-0.1, -0.05) is 11.6 Å². The second kappa shape index (κ2) is 7.48. The van der Waals surface area contributed by atoms with Crippen molar-refractivity contribution >= 4 is 23.2 Å². The zero-order valence-corrected chi connectivity index (χ0v) is 14.1. The Kier molecular flexibility index (Phi) is 5.14. The standard InChI is InChI=1S/C18H22N4O3/c1-11-16(10-20-25-11)18(24)22-15-7-5-14(6-8-15)21-17(23)12-3-2-4-13(19)9-12/h5-8,10,12-13H,2-4,9,19H2,1H3,(H,21,23)(H,22,24). The van der Waals surface area contributed by atoms with Crippen LogP contribution in [0.3, 0.4) is 0 Å². The molecule has 2 aromatic rings. The van der Waals surface area contributed by atoms with Crippen LogP contribution in [0.1, 0.15) is 41.8 Å². The third-order valence-corrected chi connectivity index (χ3v) is 4.49. The summed E-state index contributed by atoms with van der Waals surface area (Å²) < 4.78 is 4.88. The number of carbonyl (C=O) groups is 2. The highest BCUT2D eigenvalue weighted by Gasteiger charge is 2.25. The van der Waals surface area contributed by atoms with Gasteiger partial charge >= 0.3 is 0 Å². The van der Waals surface area contributed by atoms with Gasteiger partial charge in [0.1, 0.15) is 11.3 Å². The summed E-state index contributed by atoms with van der Waals surface area (Å²) in [6, 6.07) is 7.11. The average molecular weight is 342 g/mol. The lowest BCUT2D eigenvalue weighted by molar-refractivity contribution is -0.120. The summed E-state index contributed by atoms with van der Waals surface area (Å²) in [4.78, 5) is 24.4. The molecule has 1 fully saturated rings. The van der Waals surface area contributed by atoms with Crippen LogP contribution in [0, 0.1) is 12.8 Å². The Bertz CT molecular complexity index is 754. The Morgan fingerprint density at radius 3 is 2.44 bits per heavy atom. The van der Waals surface area contributed by atoms with E-state index in [-0.39, 0.29) is 23.8 Å². The third-order valence-electron chi connectivity index (χ3n) is 4.49. The van der Waals surface area contributed by atoms with Crippen LogP contribution in [0.25, 0.3) is 0 Å². The van der Waals surface area contributed by atoms with Crippen LogP contribution in [0.15, 0.2) is 35.0 Å². The van der Waals surface area contributed by atoms with Gasteiger partial charge in [0.2, 0.25) is 5.91 Å². The van der Waals surface area contributed by atoms with Gasteiger partial charge in [0.15, 0.2) is 0 Å². The number of aromatic nitrogens is 1. The lowest BCUT2D eigenvalue weighted by Gasteiger charge is -2.25. The molecule has 3 rings (SSSR count). The molecule has 0 saturated heterocycles. The van der Waals surface area contributed by atoms with Crippen molar-refractivity contribution in [3.8, 4) is 0 Å². The third kappa shape index (κ3) is 4.24. The van der Waals surface area contributed by atoms with E-state index in [1.54, 1.807) is 31.2 Å². The maximum atomic E-state index is 12.3. The lowest BCUT2D eigenvalue weighted by Crippen LogP contribution is -2.34. The largest absolute Gasteiger partial charge is 0.361 e. The number of benzene rings is 1. The number of nitrogens with one attached hydrogen (secondary N) is 2. The van der Waals surface area contributed by atoms with Crippen molar-refractivity contribution in [3.05, 3.63) is 41.8 Å². The summed E-state index contributed by atoms with van der Waals surface area (Å²) in [5.41, 5.74) is 7.66. The molecule has 1 aliphatic carbocycles. The highest BCUT2D eigenvalue weighted by atomic mass is 16.5. The number of rotatable bonds is 4. The molecule has 1 aliphatic rings. The molecule has 1 aromatic carbocycles. The molecule has 4 N–H and O–H groups in total. The number of hydrogen-bond acceptors (Lipinski definition) is 5. The van der Waals surface area contributed by atoms with Crippen molar-refractivity contribution in [3.63, 3.8) is 0 Å². The van der Waals surface area contributed by atoms with Crippen LogP contribution in [-0.4, -0.2) is 23.0 Å². The van der Waals surface area contributed by atoms with E-state index in [9.17, 15) is 9.59 Å². The van der Waals surface area contributed by atoms with Crippen LogP contribution in [-0.2, 0) is 4.79 Å². The first-order valence-corrected chi connectivity index (χ1v) is 8.42. The van der Waals surface area contributed by atoms with E-state index >= 15 is 0 Å². The van der Waals surface area contributed by atoms with Crippen molar-refractivity contribution in [1.82, 2.24) is 5.16 Å². The normalized spacial score (nSPS) is 20.1. The Hall–Kier alpha value is -2.67. The summed E-state index contributed by atoms with van der Waals surface area (Å²) in [7, 11) is 0. The monoisotopic (exact) mass is 342 g/mol. The van der Waals surface area contributed by atoms with E-state index in [0.717, 1.165) is 25.7 Å². The molecule has 2 amide bonds. The van der Waals surface area contributed by atoms with Crippen LogP contribution in [0.4, 0.5) is 11.4 Å². The molecule has 1 saturated carbocycles. The second-order valence-corrected chi connectivity index (χ2v) is 6.44. The predicted molar refractivity (Wildman–Crippen MR) is 94.2 cm³/mol. The topological polar surface area (TPSA) is 110 Å². The predicted octanol–water partition coefficient (Wildman–Crippen LogP) is 2.69. The first kappa shape index (κ1) is 17.2. The van der Waals surface area contributed by atoms with Crippen molar-refractivity contribution in [2.75, 3.05) is 10.6 Å².